The maximum absolute atomic E-state index is 5.97. The lowest BCUT2D eigenvalue weighted by atomic mass is 10.3. The molecule has 0 unspecified atom stereocenters. The zero-order valence-corrected chi connectivity index (χ0v) is 10.7. The third-order valence-corrected chi connectivity index (χ3v) is 3.38. The van der Waals surface area contributed by atoms with Gasteiger partial charge in [-0.15, -0.1) is 11.8 Å². The van der Waals surface area contributed by atoms with Gasteiger partial charge in [0.1, 0.15) is 5.84 Å². The molecule has 0 saturated heterocycles. The Morgan fingerprint density at radius 1 is 1.56 bits per heavy atom. The lowest BCUT2D eigenvalue weighted by Crippen LogP contribution is -2.26. The van der Waals surface area contributed by atoms with Crippen LogP contribution in [-0.2, 0) is 0 Å². The van der Waals surface area contributed by atoms with Crippen LogP contribution in [0.3, 0.4) is 0 Å². The smallest absolute Gasteiger partial charge is 0.116 e. The van der Waals surface area contributed by atoms with Crippen LogP contribution in [0.1, 0.15) is 0 Å². The van der Waals surface area contributed by atoms with E-state index in [4.69, 9.17) is 11.6 Å². The van der Waals surface area contributed by atoms with E-state index in [1.54, 1.807) is 11.8 Å². The van der Waals surface area contributed by atoms with E-state index in [2.05, 4.69) is 21.9 Å². The Bertz CT molecular complexity index is 406. The van der Waals surface area contributed by atoms with Crippen molar-refractivity contribution in [3.8, 4) is 0 Å². The number of aliphatic imine (C=N–C) groups is 1. The van der Waals surface area contributed by atoms with Crippen molar-refractivity contribution < 1.29 is 0 Å². The standard InChI is InChI=1S/C11H14ClN3S/c1-16-10-3-2-8(12)6-9(10)15-7-11-13-4-5-14-11/h2-3,6,15H,4-5,7H2,1H3,(H,13,14). The van der Waals surface area contributed by atoms with Gasteiger partial charge in [-0.05, 0) is 24.5 Å². The zero-order valence-electron chi connectivity index (χ0n) is 9.09. The van der Waals surface area contributed by atoms with E-state index < -0.39 is 0 Å². The molecule has 5 heteroatoms. The van der Waals surface area contributed by atoms with Gasteiger partial charge in [0.15, 0.2) is 0 Å². The minimum Gasteiger partial charge on any atom is -0.377 e. The molecule has 1 aliphatic heterocycles. The monoisotopic (exact) mass is 255 g/mol. The highest BCUT2D eigenvalue weighted by Crippen LogP contribution is 2.28. The zero-order chi connectivity index (χ0) is 11.4. The average molecular weight is 256 g/mol. The summed E-state index contributed by atoms with van der Waals surface area (Å²) in [5, 5.41) is 7.33. The van der Waals surface area contributed by atoms with Gasteiger partial charge in [-0.2, -0.15) is 0 Å². The first-order valence-corrected chi connectivity index (χ1v) is 6.74. The SMILES string of the molecule is CSc1ccc(Cl)cc1NCC1=NCCN1. The van der Waals surface area contributed by atoms with Crippen molar-refractivity contribution in [3.05, 3.63) is 23.2 Å². The number of thioether (sulfide) groups is 1. The van der Waals surface area contributed by atoms with Crippen molar-refractivity contribution in [3.63, 3.8) is 0 Å². The number of nitrogens with zero attached hydrogens (tertiary/aromatic N) is 1. The molecular weight excluding hydrogens is 242 g/mol. The molecule has 0 aromatic heterocycles. The van der Waals surface area contributed by atoms with E-state index in [1.807, 2.05) is 18.2 Å². The fraction of sp³-hybridized carbons (Fsp3) is 0.364. The lowest BCUT2D eigenvalue weighted by molar-refractivity contribution is 0.955. The number of anilines is 1. The first kappa shape index (κ1) is 11.6. The molecule has 0 saturated carbocycles. The van der Waals surface area contributed by atoms with E-state index in [0.717, 1.165) is 36.2 Å². The van der Waals surface area contributed by atoms with Crippen molar-refractivity contribution in [1.82, 2.24) is 5.32 Å². The number of benzene rings is 1. The molecule has 16 heavy (non-hydrogen) atoms. The van der Waals surface area contributed by atoms with Gasteiger partial charge in [-0.3, -0.25) is 4.99 Å². The van der Waals surface area contributed by atoms with E-state index in [1.165, 1.54) is 4.90 Å². The number of halogens is 1. The van der Waals surface area contributed by atoms with Gasteiger partial charge < -0.3 is 10.6 Å². The second-order valence-electron chi connectivity index (χ2n) is 3.45. The van der Waals surface area contributed by atoms with Crippen LogP contribution in [-0.4, -0.2) is 31.7 Å². The van der Waals surface area contributed by atoms with Crippen molar-refractivity contribution in [2.24, 2.45) is 4.99 Å². The summed E-state index contributed by atoms with van der Waals surface area (Å²) in [6.45, 7) is 2.55. The largest absolute Gasteiger partial charge is 0.377 e. The summed E-state index contributed by atoms with van der Waals surface area (Å²) in [6.07, 6.45) is 2.06. The highest BCUT2D eigenvalue weighted by Gasteiger charge is 2.06. The van der Waals surface area contributed by atoms with Gasteiger partial charge >= 0.3 is 0 Å². The minimum atomic E-state index is 0.730. The van der Waals surface area contributed by atoms with Crippen LogP contribution in [0, 0.1) is 0 Å². The number of hydrogen-bond donors (Lipinski definition) is 2. The van der Waals surface area contributed by atoms with Gasteiger partial charge in [0.25, 0.3) is 0 Å². The topological polar surface area (TPSA) is 36.4 Å². The molecule has 0 fully saturated rings. The second-order valence-corrected chi connectivity index (χ2v) is 4.74. The summed E-state index contributed by atoms with van der Waals surface area (Å²) in [5.41, 5.74) is 1.07. The van der Waals surface area contributed by atoms with Gasteiger partial charge in [0.2, 0.25) is 0 Å². The van der Waals surface area contributed by atoms with Gasteiger partial charge in [0, 0.05) is 22.2 Å². The summed E-state index contributed by atoms with van der Waals surface area (Å²) in [7, 11) is 0. The number of hydrogen-bond acceptors (Lipinski definition) is 4. The van der Waals surface area contributed by atoms with E-state index >= 15 is 0 Å². The molecule has 0 aliphatic carbocycles. The highest BCUT2D eigenvalue weighted by molar-refractivity contribution is 7.98. The van der Waals surface area contributed by atoms with E-state index in [0.29, 0.717) is 0 Å². The Labute approximate surface area is 105 Å². The normalized spacial score (nSPS) is 14.5. The molecule has 2 N–H and O–H groups in total. The quantitative estimate of drug-likeness (QED) is 0.812. The van der Waals surface area contributed by atoms with Crippen molar-refractivity contribution in [1.29, 1.82) is 0 Å². The van der Waals surface area contributed by atoms with E-state index in [-0.39, 0.29) is 0 Å². The summed E-state index contributed by atoms with van der Waals surface area (Å²) < 4.78 is 0. The molecule has 2 rings (SSSR count). The summed E-state index contributed by atoms with van der Waals surface area (Å²) in [5.74, 6) is 1.02. The van der Waals surface area contributed by atoms with Crippen LogP contribution in [0.2, 0.25) is 5.02 Å². The number of nitrogens with one attached hydrogen (secondary N) is 2. The average Bonchev–Trinajstić information content (AvgIpc) is 2.79. The summed E-state index contributed by atoms with van der Waals surface area (Å²) in [6, 6.07) is 5.88. The van der Waals surface area contributed by atoms with Crippen LogP contribution in [0.25, 0.3) is 0 Å². The second kappa shape index (κ2) is 5.46. The molecule has 1 heterocycles. The molecule has 1 aliphatic rings. The maximum atomic E-state index is 5.97. The minimum absolute atomic E-state index is 0.730. The highest BCUT2D eigenvalue weighted by atomic mass is 35.5. The fourth-order valence-corrected chi connectivity index (χ4v) is 2.29. The Morgan fingerprint density at radius 2 is 2.44 bits per heavy atom. The summed E-state index contributed by atoms with van der Waals surface area (Å²) >= 11 is 7.68. The molecule has 1 aromatic carbocycles. The first-order valence-electron chi connectivity index (χ1n) is 5.14. The third-order valence-electron chi connectivity index (χ3n) is 2.35. The number of rotatable bonds is 4. The van der Waals surface area contributed by atoms with Crippen molar-refractivity contribution in [2.45, 2.75) is 4.90 Å². The lowest BCUT2D eigenvalue weighted by Gasteiger charge is -2.11. The molecule has 0 spiro atoms. The predicted octanol–water partition coefficient (Wildman–Crippen LogP) is 2.48. The molecular formula is C11H14ClN3S. The Morgan fingerprint density at radius 3 is 3.12 bits per heavy atom. The van der Waals surface area contributed by atoms with E-state index in [9.17, 15) is 0 Å². The molecule has 0 radical (unpaired) electrons. The van der Waals surface area contributed by atoms with Crippen molar-refractivity contribution in [2.75, 3.05) is 31.2 Å². The maximum Gasteiger partial charge on any atom is 0.116 e. The third kappa shape index (κ3) is 2.83. The summed E-state index contributed by atoms with van der Waals surface area (Å²) in [4.78, 5) is 5.53. The predicted molar refractivity (Wildman–Crippen MR) is 72.0 cm³/mol. The van der Waals surface area contributed by atoms with Crippen LogP contribution in [0.5, 0.6) is 0 Å². The van der Waals surface area contributed by atoms with Crippen LogP contribution in [0.15, 0.2) is 28.1 Å². The molecule has 0 amide bonds. The van der Waals surface area contributed by atoms with Crippen LogP contribution < -0.4 is 10.6 Å². The molecule has 0 atom stereocenters. The van der Waals surface area contributed by atoms with Crippen molar-refractivity contribution >= 4 is 34.9 Å². The Kier molecular flexibility index (Phi) is 3.96. The van der Waals surface area contributed by atoms with Gasteiger partial charge in [0.05, 0.1) is 13.1 Å². The number of amidine groups is 1. The Balaban J connectivity index is 2.04. The first-order chi connectivity index (χ1) is 7.79. The fourth-order valence-electron chi connectivity index (χ4n) is 1.56. The van der Waals surface area contributed by atoms with Crippen LogP contribution in [0.4, 0.5) is 5.69 Å². The van der Waals surface area contributed by atoms with Crippen LogP contribution >= 0.6 is 23.4 Å². The van der Waals surface area contributed by atoms with Gasteiger partial charge in [-0.1, -0.05) is 11.6 Å². The molecule has 0 bridgehead atoms. The molecule has 86 valence electrons. The molecule has 3 nitrogen and oxygen atoms in total. The molecule has 1 aromatic rings. The van der Waals surface area contributed by atoms with Gasteiger partial charge in [-0.25, -0.2) is 0 Å². The Hall–Kier alpha value is -0.870.